The van der Waals surface area contributed by atoms with Gasteiger partial charge in [-0.15, -0.1) is 12.4 Å². The van der Waals surface area contributed by atoms with Crippen LogP contribution in [-0.4, -0.2) is 46.2 Å². The molecular formula is C25H32ClN3O2. The third-order valence-corrected chi connectivity index (χ3v) is 5.20. The smallest absolute Gasteiger partial charge is 0.120 e. The van der Waals surface area contributed by atoms with E-state index >= 15 is 0 Å². The first kappa shape index (κ1) is 24.7. The summed E-state index contributed by atoms with van der Waals surface area (Å²) in [6.07, 6.45) is 0. The molecule has 0 fully saturated rings. The Morgan fingerprint density at radius 1 is 0.581 bits per heavy atom. The van der Waals surface area contributed by atoms with Gasteiger partial charge >= 0.3 is 0 Å². The Hall–Kier alpha value is -2.57. The van der Waals surface area contributed by atoms with Crippen LogP contribution in [0.4, 0.5) is 0 Å². The van der Waals surface area contributed by atoms with E-state index in [1.54, 1.807) is 12.1 Å². The molecule has 3 aromatic carbocycles. The fraction of sp³-hybridized carbons (Fsp3) is 0.280. The van der Waals surface area contributed by atoms with E-state index in [0.717, 1.165) is 37.3 Å². The number of phenols is 2. The van der Waals surface area contributed by atoms with Crippen molar-refractivity contribution in [2.75, 3.05) is 26.2 Å². The van der Waals surface area contributed by atoms with Crippen LogP contribution >= 0.6 is 12.4 Å². The summed E-state index contributed by atoms with van der Waals surface area (Å²) in [6.45, 7) is 5.05. The molecule has 0 aliphatic rings. The molecule has 0 saturated carbocycles. The summed E-state index contributed by atoms with van der Waals surface area (Å²) < 4.78 is 0. The third-order valence-electron chi connectivity index (χ3n) is 5.20. The molecule has 0 saturated heterocycles. The Kier molecular flexibility index (Phi) is 10.3. The molecule has 4 N–H and O–H groups in total. The van der Waals surface area contributed by atoms with Crippen molar-refractivity contribution in [1.82, 2.24) is 9.80 Å². The molecule has 6 heteroatoms. The molecule has 0 radical (unpaired) electrons. The molecule has 0 bridgehead atoms. The van der Waals surface area contributed by atoms with Gasteiger partial charge in [-0.3, -0.25) is 9.80 Å². The molecule has 0 spiro atoms. The van der Waals surface area contributed by atoms with Crippen molar-refractivity contribution in [3.05, 3.63) is 95.6 Å². The van der Waals surface area contributed by atoms with Crippen LogP contribution in [0.5, 0.6) is 11.5 Å². The zero-order valence-electron chi connectivity index (χ0n) is 17.7. The number of phenolic OH excluding ortho intramolecular Hbond substituents is 2. The average Bonchev–Trinajstić information content (AvgIpc) is 2.76. The molecule has 0 heterocycles. The van der Waals surface area contributed by atoms with E-state index in [1.807, 2.05) is 54.6 Å². The first-order chi connectivity index (χ1) is 14.7. The van der Waals surface area contributed by atoms with E-state index < -0.39 is 0 Å². The van der Waals surface area contributed by atoms with Crippen LogP contribution in [0.3, 0.4) is 0 Å². The summed E-state index contributed by atoms with van der Waals surface area (Å²) in [5.74, 6) is 0.637. The first-order valence-corrected chi connectivity index (χ1v) is 10.4. The molecule has 0 aromatic heterocycles. The second-order valence-electron chi connectivity index (χ2n) is 7.52. The van der Waals surface area contributed by atoms with Crippen molar-refractivity contribution in [2.45, 2.75) is 19.6 Å². The topological polar surface area (TPSA) is 73.0 Å². The van der Waals surface area contributed by atoms with E-state index in [9.17, 15) is 10.2 Å². The fourth-order valence-corrected chi connectivity index (χ4v) is 3.56. The summed E-state index contributed by atoms with van der Waals surface area (Å²) >= 11 is 0. The molecule has 0 unspecified atom stereocenters. The average molecular weight is 442 g/mol. The lowest BCUT2D eigenvalue weighted by atomic mass is 10.1. The highest BCUT2D eigenvalue weighted by atomic mass is 35.5. The normalized spacial score (nSPS) is 10.9. The van der Waals surface area contributed by atoms with Crippen molar-refractivity contribution in [2.24, 2.45) is 5.73 Å². The molecule has 0 atom stereocenters. The number of nitrogens with two attached hydrogens (primary N) is 1. The maximum Gasteiger partial charge on any atom is 0.120 e. The number of rotatable bonds is 11. The molecule has 31 heavy (non-hydrogen) atoms. The van der Waals surface area contributed by atoms with Gasteiger partial charge in [0.1, 0.15) is 11.5 Å². The summed E-state index contributed by atoms with van der Waals surface area (Å²) in [5.41, 5.74) is 8.90. The van der Waals surface area contributed by atoms with Crippen molar-refractivity contribution in [1.29, 1.82) is 0 Å². The van der Waals surface area contributed by atoms with Gasteiger partial charge < -0.3 is 15.9 Å². The van der Waals surface area contributed by atoms with Crippen LogP contribution < -0.4 is 5.73 Å². The first-order valence-electron chi connectivity index (χ1n) is 10.4. The Balaban J connectivity index is 0.00000341. The van der Waals surface area contributed by atoms with Gasteiger partial charge in [-0.1, -0.05) is 66.7 Å². The lowest BCUT2D eigenvalue weighted by Gasteiger charge is -2.28. The van der Waals surface area contributed by atoms with Gasteiger partial charge in [0, 0.05) is 56.9 Å². The van der Waals surface area contributed by atoms with Crippen molar-refractivity contribution in [3.63, 3.8) is 0 Å². The molecule has 3 aromatic rings. The van der Waals surface area contributed by atoms with Crippen LogP contribution in [0.1, 0.15) is 16.7 Å². The monoisotopic (exact) mass is 441 g/mol. The highest BCUT2D eigenvalue weighted by molar-refractivity contribution is 5.85. The van der Waals surface area contributed by atoms with E-state index in [1.165, 1.54) is 5.56 Å². The van der Waals surface area contributed by atoms with Gasteiger partial charge in [-0.2, -0.15) is 0 Å². The molecule has 0 aliphatic carbocycles. The molecule has 0 aliphatic heterocycles. The maximum atomic E-state index is 10.2. The Bertz CT molecular complexity index is 908. The summed E-state index contributed by atoms with van der Waals surface area (Å²) in [5, 5.41) is 20.4. The summed E-state index contributed by atoms with van der Waals surface area (Å²) in [4.78, 5) is 4.59. The number of hydrogen-bond acceptors (Lipinski definition) is 5. The van der Waals surface area contributed by atoms with Crippen LogP contribution in [-0.2, 0) is 19.6 Å². The highest BCUT2D eigenvalue weighted by Gasteiger charge is 2.13. The van der Waals surface area contributed by atoms with Gasteiger partial charge in [0.2, 0.25) is 0 Å². The fourth-order valence-electron chi connectivity index (χ4n) is 3.56. The second-order valence-corrected chi connectivity index (χ2v) is 7.52. The number of nitrogens with zero attached hydrogens (tertiary/aromatic N) is 2. The highest BCUT2D eigenvalue weighted by Crippen LogP contribution is 2.20. The second kappa shape index (κ2) is 13.0. The Morgan fingerprint density at radius 3 is 1.61 bits per heavy atom. The SMILES string of the molecule is Cl.NCCN(CCN(Cc1ccccc1)Cc1ccccc1O)Cc1ccccc1O. The number of para-hydroxylation sites is 2. The summed E-state index contributed by atoms with van der Waals surface area (Å²) in [6, 6.07) is 25.3. The zero-order valence-corrected chi connectivity index (χ0v) is 18.5. The predicted molar refractivity (Wildman–Crippen MR) is 128 cm³/mol. The molecule has 3 rings (SSSR count). The van der Waals surface area contributed by atoms with Crippen LogP contribution in [0.15, 0.2) is 78.9 Å². The third kappa shape index (κ3) is 7.89. The Morgan fingerprint density at radius 2 is 1.06 bits per heavy atom. The molecular weight excluding hydrogens is 410 g/mol. The van der Waals surface area contributed by atoms with Gasteiger partial charge in [-0.05, 0) is 17.7 Å². The summed E-state index contributed by atoms with van der Waals surface area (Å²) in [7, 11) is 0. The minimum absolute atomic E-state index is 0. The van der Waals surface area contributed by atoms with Crippen LogP contribution in [0.25, 0.3) is 0 Å². The van der Waals surface area contributed by atoms with Crippen molar-refractivity contribution < 1.29 is 10.2 Å². The van der Waals surface area contributed by atoms with E-state index in [4.69, 9.17) is 5.73 Å². The standard InChI is InChI=1S/C25H31N3O2.ClH/c26-14-15-27(19-22-10-4-6-12-24(22)29)16-17-28(18-21-8-2-1-3-9-21)20-23-11-5-7-13-25(23)30;/h1-13,29-30H,14-20,26H2;1H. The minimum Gasteiger partial charge on any atom is -0.508 e. The van der Waals surface area contributed by atoms with Crippen molar-refractivity contribution >= 4 is 12.4 Å². The van der Waals surface area contributed by atoms with Crippen molar-refractivity contribution in [3.8, 4) is 11.5 Å². The molecule has 5 nitrogen and oxygen atoms in total. The number of hydrogen-bond donors (Lipinski definition) is 3. The molecule has 166 valence electrons. The van der Waals surface area contributed by atoms with E-state index in [-0.39, 0.29) is 12.4 Å². The lowest BCUT2D eigenvalue weighted by molar-refractivity contribution is 0.188. The lowest BCUT2D eigenvalue weighted by Crippen LogP contribution is -2.37. The zero-order chi connectivity index (χ0) is 21.2. The Labute approximate surface area is 191 Å². The van der Waals surface area contributed by atoms with Gasteiger partial charge in [0.25, 0.3) is 0 Å². The van der Waals surface area contributed by atoms with Crippen LogP contribution in [0.2, 0.25) is 0 Å². The largest absolute Gasteiger partial charge is 0.508 e. The number of aromatic hydroxyl groups is 2. The van der Waals surface area contributed by atoms with Gasteiger partial charge in [0.05, 0.1) is 0 Å². The quantitative estimate of drug-likeness (QED) is 0.419. The maximum absolute atomic E-state index is 10.2. The number of halogens is 1. The van der Waals surface area contributed by atoms with Gasteiger partial charge in [0.15, 0.2) is 0 Å². The minimum atomic E-state index is 0. The van der Waals surface area contributed by atoms with E-state index in [2.05, 4.69) is 21.9 Å². The van der Waals surface area contributed by atoms with Gasteiger partial charge in [-0.25, -0.2) is 0 Å². The van der Waals surface area contributed by atoms with E-state index in [0.29, 0.717) is 31.1 Å². The van der Waals surface area contributed by atoms with Crippen LogP contribution in [0, 0.1) is 0 Å². The molecule has 0 amide bonds. The number of benzene rings is 3. The predicted octanol–water partition coefficient (Wildman–Crippen LogP) is 3.98.